The van der Waals surface area contributed by atoms with Crippen molar-refractivity contribution in [3.63, 3.8) is 0 Å². The van der Waals surface area contributed by atoms with Crippen LogP contribution in [-0.4, -0.2) is 31.5 Å². The molecule has 0 saturated carbocycles. The van der Waals surface area contributed by atoms with Gasteiger partial charge in [0.05, 0.1) is 26.0 Å². The molecular weight excluding hydrogens is 342 g/mol. The number of hydrazone groups is 1. The first-order valence-electron chi connectivity index (χ1n) is 7.16. The minimum absolute atomic E-state index is 0.0518. The highest BCUT2D eigenvalue weighted by molar-refractivity contribution is 7.80. The highest BCUT2D eigenvalue weighted by atomic mass is 32.1. The van der Waals surface area contributed by atoms with Gasteiger partial charge in [0, 0.05) is 0 Å². The molecule has 0 bridgehead atoms. The summed E-state index contributed by atoms with van der Waals surface area (Å²) in [5, 5.41) is 3.91. The first kappa shape index (κ1) is 18.2. The molecule has 2 aromatic carbocycles. The van der Waals surface area contributed by atoms with Crippen LogP contribution in [0.25, 0.3) is 0 Å². The smallest absolute Gasteiger partial charge is 0.343 e. The maximum atomic E-state index is 12.3. The maximum Gasteiger partial charge on any atom is 0.343 e. The predicted octanol–water partition coefficient (Wildman–Crippen LogP) is 2.09. The highest BCUT2D eigenvalue weighted by Gasteiger charge is 2.13. The Balaban J connectivity index is 2.19. The average molecular weight is 359 g/mol. The summed E-state index contributed by atoms with van der Waals surface area (Å²) in [7, 11) is 3.04. The molecule has 8 heteroatoms. The lowest BCUT2D eigenvalue weighted by Crippen LogP contribution is -2.23. The van der Waals surface area contributed by atoms with Crippen LogP contribution in [0, 0.1) is 0 Å². The number of hydrogen-bond donors (Lipinski definition) is 2. The summed E-state index contributed by atoms with van der Waals surface area (Å²) in [4.78, 5) is 12.3. The van der Waals surface area contributed by atoms with E-state index in [1.165, 1.54) is 13.3 Å². The summed E-state index contributed by atoms with van der Waals surface area (Å²) in [6.45, 7) is 0. The summed E-state index contributed by atoms with van der Waals surface area (Å²) in [5.41, 5.74) is 8.79. The van der Waals surface area contributed by atoms with Gasteiger partial charge in [-0.2, -0.15) is 5.10 Å². The minimum Gasteiger partial charge on any atom is -0.497 e. The molecule has 0 saturated heterocycles. The number of ether oxygens (including phenoxy) is 3. The zero-order chi connectivity index (χ0) is 18.2. The van der Waals surface area contributed by atoms with Crippen LogP contribution in [0.3, 0.4) is 0 Å². The van der Waals surface area contributed by atoms with Crippen LogP contribution in [0.5, 0.6) is 17.2 Å². The Morgan fingerprint density at radius 1 is 1.12 bits per heavy atom. The van der Waals surface area contributed by atoms with Gasteiger partial charge in [0.25, 0.3) is 0 Å². The second kappa shape index (κ2) is 8.65. The van der Waals surface area contributed by atoms with Crippen molar-refractivity contribution >= 4 is 29.5 Å². The number of nitrogens with one attached hydrogen (secondary N) is 1. The number of benzene rings is 2. The molecule has 0 radical (unpaired) electrons. The molecule has 0 fully saturated rings. The van der Waals surface area contributed by atoms with Crippen LogP contribution in [0.1, 0.15) is 15.9 Å². The van der Waals surface area contributed by atoms with Gasteiger partial charge in [-0.1, -0.05) is 0 Å². The maximum absolute atomic E-state index is 12.3. The van der Waals surface area contributed by atoms with Crippen molar-refractivity contribution < 1.29 is 19.0 Å². The van der Waals surface area contributed by atoms with Crippen LogP contribution < -0.4 is 25.4 Å². The third kappa shape index (κ3) is 5.18. The van der Waals surface area contributed by atoms with Crippen molar-refractivity contribution in [1.82, 2.24) is 5.43 Å². The standard InChI is InChI=1S/C17H17N3O4S/c1-22-13-6-4-12(5-7-13)16(21)24-15-9-11(3-8-14(15)23-2)10-19-20-17(18)25/h3-10H,1-2H3,(H3,18,20,25)/b19-10+. The summed E-state index contributed by atoms with van der Waals surface area (Å²) in [6, 6.07) is 11.6. The monoisotopic (exact) mass is 359 g/mol. The molecule has 0 atom stereocenters. The molecule has 2 rings (SSSR count). The number of thiocarbonyl (C=S) groups is 1. The van der Waals surface area contributed by atoms with Gasteiger partial charge in [0.15, 0.2) is 16.6 Å². The highest BCUT2D eigenvalue weighted by Crippen LogP contribution is 2.28. The summed E-state index contributed by atoms with van der Waals surface area (Å²) < 4.78 is 15.7. The van der Waals surface area contributed by atoms with E-state index in [0.717, 1.165) is 0 Å². The SMILES string of the molecule is COc1ccc(C(=O)Oc2cc(/C=N/NC(N)=S)ccc2OC)cc1. The molecule has 0 spiro atoms. The van der Waals surface area contributed by atoms with Crippen LogP contribution in [0.2, 0.25) is 0 Å². The van der Waals surface area contributed by atoms with E-state index in [0.29, 0.717) is 22.6 Å². The van der Waals surface area contributed by atoms with Crippen molar-refractivity contribution in [2.75, 3.05) is 14.2 Å². The fraction of sp³-hybridized carbons (Fsp3) is 0.118. The number of rotatable bonds is 6. The quantitative estimate of drug-likeness (QED) is 0.268. The van der Waals surface area contributed by atoms with Crippen molar-refractivity contribution in [2.24, 2.45) is 10.8 Å². The Morgan fingerprint density at radius 2 is 1.84 bits per heavy atom. The Kier molecular flexibility index (Phi) is 6.30. The summed E-state index contributed by atoms with van der Waals surface area (Å²) in [6.07, 6.45) is 1.49. The van der Waals surface area contributed by atoms with Crippen molar-refractivity contribution in [3.05, 3.63) is 53.6 Å². The number of nitrogens with zero attached hydrogens (tertiary/aromatic N) is 1. The molecule has 0 aromatic heterocycles. The fourth-order valence-corrected chi connectivity index (χ4v) is 1.96. The van der Waals surface area contributed by atoms with E-state index in [1.807, 2.05) is 0 Å². The van der Waals surface area contributed by atoms with Crippen molar-refractivity contribution in [2.45, 2.75) is 0 Å². The third-order valence-corrected chi connectivity index (χ3v) is 3.20. The second-order valence-corrected chi connectivity index (χ2v) is 5.20. The lowest BCUT2D eigenvalue weighted by Gasteiger charge is -2.10. The number of esters is 1. The third-order valence-electron chi connectivity index (χ3n) is 3.10. The summed E-state index contributed by atoms with van der Waals surface area (Å²) in [5.74, 6) is 0.817. The Hall–Kier alpha value is -3.13. The Labute approximate surface area is 150 Å². The predicted molar refractivity (Wildman–Crippen MR) is 98.5 cm³/mol. The van der Waals surface area contributed by atoms with E-state index < -0.39 is 5.97 Å². The number of carbonyl (C=O) groups excluding carboxylic acids is 1. The average Bonchev–Trinajstić information content (AvgIpc) is 2.61. The second-order valence-electron chi connectivity index (χ2n) is 4.76. The van der Waals surface area contributed by atoms with Crippen LogP contribution >= 0.6 is 12.2 Å². The molecule has 0 heterocycles. The first-order valence-corrected chi connectivity index (χ1v) is 7.57. The van der Waals surface area contributed by atoms with Gasteiger partial charge in [-0.15, -0.1) is 0 Å². The lowest BCUT2D eigenvalue weighted by molar-refractivity contribution is 0.0729. The normalized spacial score (nSPS) is 10.3. The topological polar surface area (TPSA) is 95.2 Å². The molecule has 0 amide bonds. The van der Waals surface area contributed by atoms with E-state index in [1.54, 1.807) is 49.6 Å². The van der Waals surface area contributed by atoms with Gasteiger partial charge in [-0.3, -0.25) is 5.43 Å². The Morgan fingerprint density at radius 3 is 2.44 bits per heavy atom. The van der Waals surface area contributed by atoms with Crippen LogP contribution in [0.4, 0.5) is 0 Å². The minimum atomic E-state index is -0.517. The van der Waals surface area contributed by atoms with Gasteiger partial charge in [-0.25, -0.2) is 4.79 Å². The molecule has 130 valence electrons. The van der Waals surface area contributed by atoms with Gasteiger partial charge >= 0.3 is 5.97 Å². The molecule has 2 aromatic rings. The van der Waals surface area contributed by atoms with E-state index in [9.17, 15) is 4.79 Å². The largest absolute Gasteiger partial charge is 0.497 e. The zero-order valence-corrected chi connectivity index (χ0v) is 14.5. The lowest BCUT2D eigenvalue weighted by atomic mass is 10.2. The first-order chi connectivity index (χ1) is 12.0. The van der Waals surface area contributed by atoms with E-state index in [4.69, 9.17) is 19.9 Å². The molecule has 0 unspecified atom stereocenters. The molecule has 0 aliphatic rings. The van der Waals surface area contributed by atoms with Gasteiger partial charge in [0.1, 0.15) is 5.75 Å². The molecule has 25 heavy (non-hydrogen) atoms. The number of hydrogen-bond acceptors (Lipinski definition) is 6. The molecule has 3 N–H and O–H groups in total. The number of carbonyl (C=O) groups is 1. The molecule has 7 nitrogen and oxygen atoms in total. The molecular formula is C17H17N3O4S. The van der Waals surface area contributed by atoms with E-state index in [2.05, 4.69) is 22.7 Å². The number of nitrogens with two attached hydrogens (primary N) is 1. The summed E-state index contributed by atoms with van der Waals surface area (Å²) >= 11 is 4.66. The van der Waals surface area contributed by atoms with Crippen molar-refractivity contribution in [3.8, 4) is 17.2 Å². The van der Waals surface area contributed by atoms with Gasteiger partial charge in [-0.05, 0) is 60.2 Å². The van der Waals surface area contributed by atoms with Gasteiger partial charge < -0.3 is 19.9 Å². The molecule has 0 aliphatic carbocycles. The fourth-order valence-electron chi connectivity index (χ4n) is 1.91. The molecule has 0 aliphatic heterocycles. The number of methoxy groups -OCH3 is 2. The zero-order valence-electron chi connectivity index (χ0n) is 13.7. The Bertz CT molecular complexity index is 791. The van der Waals surface area contributed by atoms with E-state index in [-0.39, 0.29) is 10.9 Å². The van der Waals surface area contributed by atoms with Crippen molar-refractivity contribution in [1.29, 1.82) is 0 Å². The van der Waals surface area contributed by atoms with E-state index >= 15 is 0 Å². The van der Waals surface area contributed by atoms with Crippen LogP contribution in [0.15, 0.2) is 47.6 Å². The van der Waals surface area contributed by atoms with Crippen LogP contribution in [-0.2, 0) is 0 Å². The van der Waals surface area contributed by atoms with Gasteiger partial charge in [0.2, 0.25) is 0 Å².